The van der Waals surface area contributed by atoms with Crippen LogP contribution in [-0.4, -0.2) is 51.5 Å². The van der Waals surface area contributed by atoms with Crippen molar-refractivity contribution in [1.29, 1.82) is 0 Å². The third kappa shape index (κ3) is 3.63. The minimum atomic E-state index is 0.0555. The number of carbonyl (C=O) groups excluding carboxylic acids is 1. The first-order valence-corrected chi connectivity index (χ1v) is 9.74. The summed E-state index contributed by atoms with van der Waals surface area (Å²) in [4.78, 5) is 23.1. The van der Waals surface area contributed by atoms with E-state index in [-0.39, 0.29) is 5.91 Å². The Kier molecular flexibility index (Phi) is 5.55. The summed E-state index contributed by atoms with van der Waals surface area (Å²) >= 11 is 1.55. The fourth-order valence-corrected chi connectivity index (χ4v) is 3.30. The van der Waals surface area contributed by atoms with Crippen LogP contribution in [0.3, 0.4) is 0 Å². The van der Waals surface area contributed by atoms with Crippen molar-refractivity contribution in [2.24, 2.45) is 0 Å². The Morgan fingerprint density at radius 2 is 2.08 bits per heavy atom. The molecule has 7 nitrogen and oxygen atoms in total. The van der Waals surface area contributed by atoms with Gasteiger partial charge in [-0.15, -0.1) is 0 Å². The zero-order chi connectivity index (χ0) is 16.9. The Morgan fingerprint density at radius 3 is 2.79 bits per heavy atom. The molecule has 3 rings (SSSR count). The van der Waals surface area contributed by atoms with Gasteiger partial charge in [0.05, 0.1) is 18.1 Å². The van der Waals surface area contributed by atoms with Gasteiger partial charge in [-0.1, -0.05) is 18.7 Å². The number of amides is 1. The Morgan fingerprint density at radius 1 is 1.29 bits per heavy atom. The number of rotatable bonds is 6. The van der Waals surface area contributed by atoms with Gasteiger partial charge in [-0.25, -0.2) is 14.6 Å². The molecule has 2 aromatic rings. The normalized spacial score (nSPS) is 15.0. The van der Waals surface area contributed by atoms with Gasteiger partial charge in [0, 0.05) is 26.1 Å². The van der Waals surface area contributed by atoms with Gasteiger partial charge in [0.2, 0.25) is 5.91 Å². The van der Waals surface area contributed by atoms with Gasteiger partial charge in [0.1, 0.15) is 5.82 Å². The molecule has 0 aromatic carbocycles. The summed E-state index contributed by atoms with van der Waals surface area (Å²) in [6.45, 7) is 5.09. The molecule has 1 aliphatic heterocycles. The highest BCUT2D eigenvalue weighted by molar-refractivity contribution is 7.98. The smallest absolute Gasteiger partial charge is 0.219 e. The topological polar surface area (TPSA) is 75.9 Å². The average molecular weight is 348 g/mol. The second-order valence-corrected chi connectivity index (χ2v) is 6.66. The number of fused-ring (bicyclic) bond motifs is 1. The number of nitrogens with zero attached hydrogens (tertiary/aromatic N) is 5. The van der Waals surface area contributed by atoms with Crippen molar-refractivity contribution >= 4 is 34.5 Å². The van der Waals surface area contributed by atoms with Crippen molar-refractivity contribution in [3.8, 4) is 0 Å². The van der Waals surface area contributed by atoms with E-state index in [0.717, 1.165) is 35.1 Å². The van der Waals surface area contributed by atoms with E-state index in [1.54, 1.807) is 11.8 Å². The summed E-state index contributed by atoms with van der Waals surface area (Å²) in [7, 11) is 0. The van der Waals surface area contributed by atoms with Crippen molar-refractivity contribution < 1.29 is 4.79 Å². The second kappa shape index (κ2) is 7.83. The molecule has 0 bridgehead atoms. The summed E-state index contributed by atoms with van der Waals surface area (Å²) < 4.78 is 1.86. The minimum absolute atomic E-state index is 0.0555. The van der Waals surface area contributed by atoms with Crippen LogP contribution in [0.1, 0.15) is 32.6 Å². The highest BCUT2D eigenvalue weighted by atomic mass is 32.2. The highest BCUT2D eigenvalue weighted by Gasteiger charge is 2.19. The number of thioether (sulfide) groups is 1. The van der Waals surface area contributed by atoms with Gasteiger partial charge in [-0.2, -0.15) is 5.10 Å². The molecule has 0 saturated carbocycles. The fourth-order valence-electron chi connectivity index (χ4n) is 2.95. The zero-order valence-electron chi connectivity index (χ0n) is 14.3. The third-order valence-electron chi connectivity index (χ3n) is 4.26. The maximum Gasteiger partial charge on any atom is 0.219 e. The molecule has 0 spiro atoms. The number of nitrogens with one attached hydrogen (secondary N) is 1. The molecule has 0 unspecified atom stereocenters. The molecule has 1 amide bonds. The lowest BCUT2D eigenvalue weighted by atomic mass is 10.1. The van der Waals surface area contributed by atoms with Gasteiger partial charge in [0.25, 0.3) is 0 Å². The van der Waals surface area contributed by atoms with Crippen LogP contribution in [0.4, 0.5) is 5.82 Å². The summed E-state index contributed by atoms with van der Waals surface area (Å²) in [6, 6.07) is 0. The molecule has 0 atom stereocenters. The standard InChI is InChI=1S/C16H24N6OS/c1-3-13(23)17-7-10-22-15-12(11-18-22)14(19-16(20-15)24-2)21-8-5-4-6-9-21/h11H,3-10H2,1-2H3,(H,17,23). The molecular formula is C16H24N6OS. The Balaban J connectivity index is 1.88. The summed E-state index contributed by atoms with van der Waals surface area (Å²) in [5, 5.41) is 9.12. The summed E-state index contributed by atoms with van der Waals surface area (Å²) in [5.41, 5.74) is 0.848. The van der Waals surface area contributed by atoms with Crippen molar-refractivity contribution in [2.45, 2.75) is 44.3 Å². The number of piperidine rings is 1. The maximum absolute atomic E-state index is 11.4. The van der Waals surface area contributed by atoms with Crippen LogP contribution in [0.15, 0.2) is 11.4 Å². The second-order valence-electron chi connectivity index (χ2n) is 5.89. The van der Waals surface area contributed by atoms with Crippen LogP contribution in [0, 0.1) is 0 Å². The van der Waals surface area contributed by atoms with Gasteiger partial charge in [-0.05, 0) is 25.5 Å². The van der Waals surface area contributed by atoms with E-state index in [9.17, 15) is 4.79 Å². The van der Waals surface area contributed by atoms with E-state index in [2.05, 4.69) is 20.3 Å². The van der Waals surface area contributed by atoms with Crippen LogP contribution in [0.5, 0.6) is 0 Å². The number of hydrogen-bond acceptors (Lipinski definition) is 6. The van der Waals surface area contributed by atoms with Crippen LogP contribution < -0.4 is 10.2 Å². The zero-order valence-corrected chi connectivity index (χ0v) is 15.1. The first-order valence-electron chi connectivity index (χ1n) is 8.52. The molecule has 2 aromatic heterocycles. The van der Waals surface area contributed by atoms with E-state index in [4.69, 9.17) is 4.98 Å². The molecule has 1 fully saturated rings. The molecule has 24 heavy (non-hydrogen) atoms. The number of carbonyl (C=O) groups is 1. The Hall–Kier alpha value is -1.83. The SMILES string of the molecule is CCC(=O)NCCn1ncc2c(N3CCCCC3)nc(SC)nc21. The van der Waals surface area contributed by atoms with E-state index >= 15 is 0 Å². The van der Waals surface area contributed by atoms with Gasteiger partial charge in [0.15, 0.2) is 10.8 Å². The fraction of sp³-hybridized carbons (Fsp3) is 0.625. The molecule has 0 aliphatic carbocycles. The lowest BCUT2D eigenvalue weighted by Gasteiger charge is -2.28. The molecule has 1 saturated heterocycles. The number of anilines is 1. The molecule has 3 heterocycles. The molecular weight excluding hydrogens is 324 g/mol. The van der Waals surface area contributed by atoms with Crippen molar-refractivity contribution in [1.82, 2.24) is 25.1 Å². The first-order chi connectivity index (χ1) is 11.7. The monoisotopic (exact) mass is 348 g/mol. The van der Waals surface area contributed by atoms with Crippen LogP contribution in [0.25, 0.3) is 11.0 Å². The van der Waals surface area contributed by atoms with Crippen molar-refractivity contribution in [3.63, 3.8) is 0 Å². The lowest BCUT2D eigenvalue weighted by Crippen LogP contribution is -2.30. The van der Waals surface area contributed by atoms with E-state index in [1.165, 1.54) is 19.3 Å². The largest absolute Gasteiger partial charge is 0.356 e. The van der Waals surface area contributed by atoms with Crippen LogP contribution in [0.2, 0.25) is 0 Å². The molecule has 0 radical (unpaired) electrons. The van der Waals surface area contributed by atoms with E-state index in [1.807, 2.05) is 24.1 Å². The van der Waals surface area contributed by atoms with Crippen molar-refractivity contribution in [2.75, 3.05) is 30.8 Å². The minimum Gasteiger partial charge on any atom is -0.356 e. The maximum atomic E-state index is 11.4. The van der Waals surface area contributed by atoms with Gasteiger partial charge >= 0.3 is 0 Å². The van der Waals surface area contributed by atoms with Gasteiger partial charge < -0.3 is 10.2 Å². The quantitative estimate of drug-likeness (QED) is 0.636. The Labute approximate surface area is 146 Å². The van der Waals surface area contributed by atoms with Crippen LogP contribution >= 0.6 is 11.8 Å². The Bertz CT molecular complexity index is 710. The van der Waals surface area contributed by atoms with E-state index < -0.39 is 0 Å². The van der Waals surface area contributed by atoms with Gasteiger partial charge in [-0.3, -0.25) is 4.79 Å². The molecule has 1 N–H and O–H groups in total. The highest BCUT2D eigenvalue weighted by Crippen LogP contribution is 2.28. The summed E-state index contributed by atoms with van der Waals surface area (Å²) in [5.74, 6) is 1.05. The summed E-state index contributed by atoms with van der Waals surface area (Å²) in [6.07, 6.45) is 8.04. The lowest BCUT2D eigenvalue weighted by molar-refractivity contribution is -0.120. The number of hydrogen-bond donors (Lipinski definition) is 1. The third-order valence-corrected chi connectivity index (χ3v) is 4.81. The number of aromatic nitrogens is 4. The average Bonchev–Trinajstić information content (AvgIpc) is 3.04. The van der Waals surface area contributed by atoms with E-state index in [0.29, 0.717) is 19.5 Å². The predicted octanol–water partition coefficient (Wildman–Crippen LogP) is 2.06. The molecule has 8 heteroatoms. The molecule has 1 aliphatic rings. The first kappa shape index (κ1) is 17.0. The van der Waals surface area contributed by atoms with Crippen molar-refractivity contribution in [3.05, 3.63) is 6.20 Å². The predicted molar refractivity (Wildman–Crippen MR) is 96.5 cm³/mol. The van der Waals surface area contributed by atoms with Crippen LogP contribution in [-0.2, 0) is 11.3 Å². The molecule has 130 valence electrons.